The van der Waals surface area contributed by atoms with E-state index in [2.05, 4.69) is 12.2 Å². The fraction of sp³-hybridized carbons (Fsp3) is 0.394. The van der Waals surface area contributed by atoms with Crippen molar-refractivity contribution in [2.45, 2.75) is 50.6 Å². The topological polar surface area (TPSA) is 99.3 Å². The molecular formula is C33H42N4O5S. The molecule has 3 aromatic carbocycles. The number of nitrogens with one attached hydrogen (secondary N) is 1. The molecule has 0 radical (unpaired) electrons. The molecule has 4 rings (SSSR count). The first-order valence-corrected chi connectivity index (χ1v) is 16.2. The molecule has 0 atom stereocenters. The Hall–Kier alpha value is -3.73. The number of rotatable bonds is 12. The Morgan fingerprint density at radius 2 is 1.56 bits per heavy atom. The molecule has 0 saturated carbocycles. The number of nitrogens with zero attached hydrogens (tertiary/aromatic N) is 3. The lowest BCUT2D eigenvalue weighted by molar-refractivity contribution is -0.135. The summed E-state index contributed by atoms with van der Waals surface area (Å²) < 4.78 is 33.4. The van der Waals surface area contributed by atoms with Crippen LogP contribution in [0.3, 0.4) is 0 Å². The summed E-state index contributed by atoms with van der Waals surface area (Å²) in [5, 5.41) is 2.97. The van der Waals surface area contributed by atoms with Crippen LogP contribution in [-0.4, -0.2) is 80.4 Å². The quantitative estimate of drug-likeness (QED) is 0.316. The van der Waals surface area contributed by atoms with E-state index in [9.17, 15) is 18.0 Å². The second-order valence-corrected chi connectivity index (χ2v) is 12.8. The van der Waals surface area contributed by atoms with Gasteiger partial charge >= 0.3 is 6.03 Å². The van der Waals surface area contributed by atoms with Gasteiger partial charge in [0.05, 0.1) is 18.0 Å². The van der Waals surface area contributed by atoms with Gasteiger partial charge in [-0.2, -0.15) is 4.31 Å². The first-order chi connectivity index (χ1) is 20.7. The number of anilines is 1. The first-order valence-electron chi connectivity index (χ1n) is 14.7. The highest BCUT2D eigenvalue weighted by Gasteiger charge is 2.33. The van der Waals surface area contributed by atoms with Gasteiger partial charge in [-0.25, -0.2) is 13.2 Å². The maximum absolute atomic E-state index is 14.0. The van der Waals surface area contributed by atoms with Crippen LogP contribution in [0.15, 0.2) is 83.8 Å². The van der Waals surface area contributed by atoms with Gasteiger partial charge in [0.1, 0.15) is 0 Å². The van der Waals surface area contributed by atoms with E-state index in [-0.39, 0.29) is 42.6 Å². The van der Waals surface area contributed by atoms with Crippen molar-refractivity contribution in [2.24, 2.45) is 0 Å². The highest BCUT2D eigenvalue weighted by atomic mass is 32.2. The minimum Gasteiger partial charge on any atom is -0.383 e. The van der Waals surface area contributed by atoms with E-state index in [0.717, 1.165) is 23.2 Å². The molecule has 1 saturated heterocycles. The van der Waals surface area contributed by atoms with E-state index in [1.54, 1.807) is 28.0 Å². The number of carbonyl (C=O) groups excluding carboxylic acids is 2. The van der Waals surface area contributed by atoms with Gasteiger partial charge < -0.3 is 19.9 Å². The summed E-state index contributed by atoms with van der Waals surface area (Å²) in [6.07, 6.45) is 2.11. The van der Waals surface area contributed by atoms with Crippen LogP contribution in [0.2, 0.25) is 0 Å². The second-order valence-electron chi connectivity index (χ2n) is 10.9. The number of urea groups is 1. The van der Waals surface area contributed by atoms with Crippen LogP contribution in [0.1, 0.15) is 36.5 Å². The minimum absolute atomic E-state index is 0.0513. The number of amides is 3. The normalized spacial score (nSPS) is 14.1. The van der Waals surface area contributed by atoms with Crippen LogP contribution in [0.25, 0.3) is 0 Å². The molecule has 10 heteroatoms. The van der Waals surface area contributed by atoms with Crippen LogP contribution in [0.5, 0.6) is 0 Å². The monoisotopic (exact) mass is 606 g/mol. The number of hydrogen-bond donors (Lipinski definition) is 1. The third-order valence-electron chi connectivity index (χ3n) is 7.84. The number of benzene rings is 3. The Morgan fingerprint density at radius 3 is 2.16 bits per heavy atom. The predicted molar refractivity (Wildman–Crippen MR) is 168 cm³/mol. The lowest BCUT2D eigenvalue weighted by Gasteiger charge is -2.39. The van der Waals surface area contributed by atoms with E-state index >= 15 is 0 Å². The van der Waals surface area contributed by atoms with Crippen LogP contribution in [0, 0.1) is 6.92 Å². The summed E-state index contributed by atoms with van der Waals surface area (Å²) in [4.78, 5) is 30.6. The third-order valence-corrected chi connectivity index (χ3v) is 9.70. The molecule has 0 unspecified atom stereocenters. The zero-order valence-electron chi connectivity index (χ0n) is 25.2. The van der Waals surface area contributed by atoms with Crippen molar-refractivity contribution >= 4 is 27.6 Å². The Morgan fingerprint density at radius 1 is 0.930 bits per heavy atom. The van der Waals surface area contributed by atoms with Crippen molar-refractivity contribution < 1.29 is 22.7 Å². The number of likely N-dealkylation sites (tertiary alicyclic amines) is 1. The molecule has 0 spiro atoms. The molecule has 0 bridgehead atoms. The third kappa shape index (κ3) is 8.65. The highest BCUT2D eigenvalue weighted by Crippen LogP contribution is 2.23. The van der Waals surface area contributed by atoms with Gasteiger partial charge in [-0.05, 0) is 61.6 Å². The molecule has 0 aromatic heterocycles. The fourth-order valence-corrected chi connectivity index (χ4v) is 6.57. The minimum atomic E-state index is -3.92. The SMILES string of the molecule is CCc1ccc(NC(=O)N2CCC(N(Cc3ccc(C)cc3)C(=O)CN(CCOC)S(=O)(=O)c3ccccc3)CC2)cc1. The van der Waals surface area contributed by atoms with Crippen molar-refractivity contribution in [3.8, 4) is 0 Å². The van der Waals surface area contributed by atoms with Gasteiger partial charge in [-0.15, -0.1) is 0 Å². The maximum atomic E-state index is 14.0. The van der Waals surface area contributed by atoms with Crippen molar-refractivity contribution in [2.75, 3.05) is 45.2 Å². The van der Waals surface area contributed by atoms with Crippen molar-refractivity contribution in [3.05, 3.63) is 95.6 Å². The lowest BCUT2D eigenvalue weighted by Crippen LogP contribution is -2.52. The van der Waals surface area contributed by atoms with Gasteiger partial charge in [0.25, 0.3) is 0 Å². The van der Waals surface area contributed by atoms with Crippen molar-refractivity contribution in [1.29, 1.82) is 0 Å². The Bertz CT molecular complexity index is 1440. The largest absolute Gasteiger partial charge is 0.383 e. The first kappa shape index (κ1) is 32.2. The number of piperidine rings is 1. The van der Waals surface area contributed by atoms with E-state index in [1.807, 2.05) is 55.5 Å². The molecule has 230 valence electrons. The zero-order chi connectivity index (χ0) is 30.8. The van der Waals surface area contributed by atoms with Crippen LogP contribution < -0.4 is 5.32 Å². The molecule has 43 heavy (non-hydrogen) atoms. The van der Waals surface area contributed by atoms with Crippen molar-refractivity contribution in [3.63, 3.8) is 0 Å². The van der Waals surface area contributed by atoms with Gasteiger partial charge in [-0.1, -0.05) is 67.1 Å². The molecular weight excluding hydrogens is 564 g/mol. The smallest absolute Gasteiger partial charge is 0.321 e. The molecule has 1 aliphatic heterocycles. The molecule has 3 aromatic rings. The molecule has 9 nitrogen and oxygen atoms in total. The second kappa shape index (κ2) is 15.1. The standard InChI is InChI=1S/C33H42N4O5S/c1-4-27-14-16-29(17-15-27)34-33(39)35-20-18-30(19-21-35)37(24-28-12-10-26(2)11-13-28)32(38)25-36(22-23-42-3)43(40,41)31-8-6-5-7-9-31/h5-17,30H,4,18-25H2,1-3H3,(H,34,39). The summed E-state index contributed by atoms with van der Waals surface area (Å²) >= 11 is 0. The predicted octanol–water partition coefficient (Wildman–Crippen LogP) is 4.92. The number of hydrogen-bond acceptors (Lipinski definition) is 5. The van der Waals surface area contributed by atoms with E-state index in [1.165, 1.54) is 29.1 Å². The zero-order valence-corrected chi connectivity index (χ0v) is 26.1. The lowest BCUT2D eigenvalue weighted by atomic mass is 10.0. The van der Waals surface area contributed by atoms with Gasteiger partial charge in [0.2, 0.25) is 15.9 Å². The maximum Gasteiger partial charge on any atom is 0.321 e. The summed E-state index contributed by atoms with van der Waals surface area (Å²) in [5.41, 5.74) is 4.03. The average molecular weight is 607 g/mol. The highest BCUT2D eigenvalue weighted by molar-refractivity contribution is 7.89. The van der Waals surface area contributed by atoms with Crippen LogP contribution in [-0.2, 0) is 32.5 Å². The molecule has 3 amide bonds. The summed E-state index contributed by atoms with van der Waals surface area (Å²) in [6, 6.07) is 23.6. The van der Waals surface area contributed by atoms with Crippen LogP contribution >= 0.6 is 0 Å². The fourth-order valence-electron chi connectivity index (χ4n) is 5.18. The number of ether oxygens (including phenoxy) is 1. The number of methoxy groups -OCH3 is 1. The van der Waals surface area contributed by atoms with E-state index in [0.29, 0.717) is 32.5 Å². The Kier molecular flexibility index (Phi) is 11.3. The molecule has 1 fully saturated rings. The average Bonchev–Trinajstić information content (AvgIpc) is 3.03. The van der Waals surface area contributed by atoms with Gasteiger partial charge in [-0.3, -0.25) is 4.79 Å². The molecule has 1 aliphatic rings. The Labute approximate surface area is 255 Å². The number of aryl methyl sites for hydroxylation is 2. The number of sulfonamides is 1. The molecule has 1 heterocycles. The van der Waals surface area contributed by atoms with E-state index in [4.69, 9.17) is 4.74 Å². The Balaban J connectivity index is 1.49. The van der Waals surface area contributed by atoms with E-state index < -0.39 is 10.0 Å². The molecule has 1 N–H and O–H groups in total. The number of carbonyl (C=O) groups is 2. The molecule has 0 aliphatic carbocycles. The summed E-state index contributed by atoms with van der Waals surface area (Å²) in [5.74, 6) is -0.282. The van der Waals surface area contributed by atoms with Crippen molar-refractivity contribution in [1.82, 2.24) is 14.1 Å². The summed E-state index contributed by atoms with van der Waals surface area (Å²) in [7, 11) is -2.42. The van der Waals surface area contributed by atoms with Gasteiger partial charge in [0.15, 0.2) is 0 Å². The summed E-state index contributed by atoms with van der Waals surface area (Å²) in [6.45, 7) is 5.32. The van der Waals surface area contributed by atoms with Crippen LogP contribution in [0.4, 0.5) is 10.5 Å². The van der Waals surface area contributed by atoms with Gasteiger partial charge in [0, 0.05) is 45.0 Å².